The maximum atomic E-state index is 13.4. The van der Waals surface area contributed by atoms with Crippen LogP contribution in [0.4, 0.5) is 5.69 Å². The second kappa shape index (κ2) is 8.03. The number of fused-ring (bicyclic) bond motifs is 5. The predicted octanol–water partition coefficient (Wildman–Crippen LogP) is 4.42. The van der Waals surface area contributed by atoms with Crippen LogP contribution in [-0.2, 0) is 9.59 Å². The minimum atomic E-state index is -1.57. The van der Waals surface area contributed by atoms with Gasteiger partial charge in [-0.05, 0) is 73.8 Å². The molecular formula is C28H33NO5. The van der Waals surface area contributed by atoms with Crippen LogP contribution >= 0.6 is 0 Å². The largest absolute Gasteiger partial charge is 0.497 e. The monoisotopic (exact) mass is 463 g/mol. The molecule has 0 spiro atoms. The van der Waals surface area contributed by atoms with Crippen molar-refractivity contribution in [2.24, 2.45) is 28.6 Å². The number of carbonyl (C=O) groups excluding carboxylic acids is 2. The topological polar surface area (TPSA) is 88.2 Å². The summed E-state index contributed by atoms with van der Waals surface area (Å²) in [5.41, 5.74) is -1.01. The summed E-state index contributed by atoms with van der Waals surface area (Å²) in [6.07, 6.45) is 5.61. The van der Waals surface area contributed by atoms with Crippen LogP contribution in [0.5, 0.6) is 5.75 Å². The average molecular weight is 464 g/mol. The molecule has 0 heterocycles. The Morgan fingerprint density at radius 2 is 1.97 bits per heavy atom. The summed E-state index contributed by atoms with van der Waals surface area (Å²) < 4.78 is 5.70. The van der Waals surface area contributed by atoms with E-state index in [4.69, 9.17) is 11.3 Å². The number of hydrogen-bond donors (Lipinski definition) is 2. The fourth-order valence-electron chi connectivity index (χ4n) is 8.08. The van der Waals surface area contributed by atoms with Crippen molar-refractivity contribution in [3.8, 4) is 5.75 Å². The summed E-state index contributed by atoms with van der Waals surface area (Å²) in [6, 6.07) is 6.78. The highest BCUT2D eigenvalue weighted by Gasteiger charge is 2.68. The lowest BCUT2D eigenvalue weighted by molar-refractivity contribution is -0.181. The van der Waals surface area contributed by atoms with E-state index in [1.807, 2.05) is 13.0 Å². The van der Waals surface area contributed by atoms with Crippen molar-refractivity contribution in [3.05, 3.63) is 47.3 Å². The van der Waals surface area contributed by atoms with Crippen LogP contribution in [0.15, 0.2) is 35.9 Å². The first-order valence-corrected chi connectivity index (χ1v) is 12.4. The molecule has 34 heavy (non-hydrogen) atoms. The third-order valence-electron chi connectivity index (χ3n) is 9.85. The minimum absolute atomic E-state index is 0.0397. The molecule has 0 saturated heterocycles. The smallest absolute Gasteiger partial charge is 0.228 e. The van der Waals surface area contributed by atoms with E-state index in [2.05, 4.69) is 11.8 Å². The van der Waals surface area contributed by atoms with Gasteiger partial charge in [0, 0.05) is 11.8 Å². The molecular weight excluding hydrogens is 430 g/mol. The van der Waals surface area contributed by atoms with Gasteiger partial charge in [0.15, 0.2) is 5.78 Å². The summed E-state index contributed by atoms with van der Waals surface area (Å²) in [7, 11) is 0. The molecule has 7 atom stereocenters. The molecule has 3 saturated carbocycles. The lowest BCUT2D eigenvalue weighted by atomic mass is 9.45. The van der Waals surface area contributed by atoms with Crippen LogP contribution in [0.1, 0.15) is 58.8 Å². The van der Waals surface area contributed by atoms with Crippen molar-refractivity contribution < 1.29 is 24.5 Å². The quantitative estimate of drug-likeness (QED) is 0.646. The van der Waals surface area contributed by atoms with E-state index in [-0.39, 0.29) is 41.3 Å². The first-order valence-electron chi connectivity index (χ1n) is 12.4. The number of aliphatic hydroxyl groups excluding tert-OH is 1. The highest BCUT2D eigenvalue weighted by Crippen LogP contribution is 2.67. The summed E-state index contributed by atoms with van der Waals surface area (Å²) in [5, 5.41) is 23.3. The van der Waals surface area contributed by atoms with Crippen LogP contribution < -0.4 is 4.74 Å². The minimum Gasteiger partial charge on any atom is -0.497 e. The van der Waals surface area contributed by atoms with Gasteiger partial charge in [0.25, 0.3) is 0 Å². The molecule has 2 N–H and O–H groups in total. The van der Waals surface area contributed by atoms with Crippen LogP contribution in [0.25, 0.3) is 4.85 Å². The van der Waals surface area contributed by atoms with Gasteiger partial charge in [0.2, 0.25) is 11.5 Å². The number of benzene rings is 1. The summed E-state index contributed by atoms with van der Waals surface area (Å²) in [4.78, 5) is 28.9. The van der Waals surface area contributed by atoms with Gasteiger partial charge < -0.3 is 14.9 Å². The number of carbonyl (C=O) groups is 2. The Morgan fingerprint density at radius 1 is 1.21 bits per heavy atom. The van der Waals surface area contributed by atoms with Gasteiger partial charge in [-0.3, -0.25) is 9.59 Å². The highest BCUT2D eigenvalue weighted by molar-refractivity contribution is 5.92. The zero-order valence-electron chi connectivity index (χ0n) is 19.9. The van der Waals surface area contributed by atoms with Gasteiger partial charge in [-0.2, -0.15) is 0 Å². The van der Waals surface area contributed by atoms with Gasteiger partial charge in [0.1, 0.15) is 18.0 Å². The Labute approximate surface area is 200 Å². The maximum Gasteiger partial charge on any atom is 0.228 e. The van der Waals surface area contributed by atoms with Crippen molar-refractivity contribution in [3.63, 3.8) is 0 Å². The van der Waals surface area contributed by atoms with Crippen molar-refractivity contribution in [1.29, 1.82) is 0 Å². The molecule has 3 fully saturated rings. The Balaban J connectivity index is 1.40. The second-order valence-corrected chi connectivity index (χ2v) is 11.3. The lowest BCUT2D eigenvalue weighted by Gasteiger charge is -2.60. The van der Waals surface area contributed by atoms with Crippen LogP contribution in [0.3, 0.4) is 0 Å². The predicted molar refractivity (Wildman–Crippen MR) is 126 cm³/mol. The lowest BCUT2D eigenvalue weighted by Crippen LogP contribution is -2.62. The number of ketones is 2. The van der Waals surface area contributed by atoms with Gasteiger partial charge >= 0.3 is 0 Å². The third kappa shape index (κ3) is 3.21. The van der Waals surface area contributed by atoms with E-state index in [1.54, 1.807) is 24.3 Å². The Hall–Kier alpha value is -2.49. The molecule has 0 aliphatic heterocycles. The van der Waals surface area contributed by atoms with Gasteiger partial charge in [0.05, 0.1) is 12.7 Å². The van der Waals surface area contributed by atoms with Crippen molar-refractivity contribution in [2.75, 3.05) is 6.61 Å². The standard InChI is InChI=1S/C28H33NO5/c1-26-12-10-18(30)14-17(26)8-9-19-20-11-13-28(33,27(20,2)15-22(31)25(19)26)24(32)16-34-23-7-5-4-6-21(23)29-3/h4-7,14,19-20,22,25,31,33H,8-13,15-16H2,1-2H3/t19?,20?,22?,25?,26?,27?,28-/m0/s1. The molecule has 0 radical (unpaired) electrons. The fourth-order valence-corrected chi connectivity index (χ4v) is 8.08. The molecule has 180 valence electrons. The SMILES string of the molecule is [C-]#[N+]c1ccccc1OCC(=O)[C@@]1(O)CCC2C3CCC4=CC(=O)CCC4(C)C3C(O)CC21C. The fraction of sp³-hybridized carbons (Fsp3) is 0.607. The number of nitrogens with zero attached hydrogens (tertiary/aromatic N) is 1. The summed E-state index contributed by atoms with van der Waals surface area (Å²) >= 11 is 0. The first kappa shape index (κ1) is 23.3. The molecule has 6 heteroatoms. The molecule has 5 rings (SSSR count). The highest BCUT2D eigenvalue weighted by atomic mass is 16.5. The zero-order valence-corrected chi connectivity index (χ0v) is 19.9. The summed E-state index contributed by atoms with van der Waals surface area (Å²) in [6.45, 7) is 11.1. The van der Waals surface area contributed by atoms with Crippen LogP contribution in [0, 0.1) is 35.2 Å². The number of hydrogen-bond acceptors (Lipinski definition) is 5. The Kier molecular flexibility index (Phi) is 5.50. The average Bonchev–Trinajstić information content (AvgIpc) is 3.09. The van der Waals surface area contributed by atoms with E-state index in [0.717, 1.165) is 25.7 Å². The molecule has 0 amide bonds. The van der Waals surface area contributed by atoms with E-state index < -0.39 is 17.1 Å². The van der Waals surface area contributed by atoms with Crippen LogP contribution in [-0.4, -0.2) is 40.1 Å². The van der Waals surface area contributed by atoms with Crippen molar-refractivity contribution in [1.82, 2.24) is 0 Å². The third-order valence-corrected chi connectivity index (χ3v) is 9.85. The van der Waals surface area contributed by atoms with Gasteiger partial charge in [-0.15, -0.1) is 0 Å². The molecule has 1 aromatic carbocycles. The van der Waals surface area contributed by atoms with Crippen molar-refractivity contribution >= 4 is 17.3 Å². The Morgan fingerprint density at radius 3 is 2.74 bits per heavy atom. The summed E-state index contributed by atoms with van der Waals surface area (Å²) in [5.74, 6) is 0.508. The van der Waals surface area contributed by atoms with Crippen LogP contribution in [0.2, 0.25) is 0 Å². The number of allylic oxidation sites excluding steroid dienone is 1. The number of rotatable bonds is 4. The normalized spacial score (nSPS) is 40.9. The number of aliphatic hydroxyl groups is 2. The van der Waals surface area contributed by atoms with E-state index >= 15 is 0 Å². The van der Waals surface area contributed by atoms with E-state index in [0.29, 0.717) is 30.7 Å². The van der Waals surface area contributed by atoms with E-state index in [9.17, 15) is 19.8 Å². The molecule has 4 aliphatic rings. The van der Waals surface area contributed by atoms with Gasteiger partial charge in [-0.1, -0.05) is 37.6 Å². The van der Waals surface area contributed by atoms with Gasteiger partial charge in [-0.25, -0.2) is 4.85 Å². The molecule has 6 nitrogen and oxygen atoms in total. The molecule has 4 aliphatic carbocycles. The van der Waals surface area contributed by atoms with E-state index in [1.165, 1.54) is 5.57 Å². The number of ether oxygens (including phenoxy) is 1. The molecule has 1 aromatic rings. The maximum absolute atomic E-state index is 13.4. The number of para-hydroxylation sites is 2. The second-order valence-electron chi connectivity index (χ2n) is 11.3. The first-order chi connectivity index (χ1) is 16.1. The molecule has 0 aromatic heterocycles. The molecule has 6 unspecified atom stereocenters. The Bertz CT molecular complexity index is 1100. The molecule has 0 bridgehead atoms. The van der Waals surface area contributed by atoms with Crippen molar-refractivity contribution in [2.45, 2.75) is 70.5 Å². The zero-order chi connectivity index (χ0) is 24.3. The number of Topliss-reactive ketones (excluding diaryl/α,β-unsaturated/α-hetero) is 1.